The number of rotatable bonds is 4. The first-order valence-corrected chi connectivity index (χ1v) is 8.94. The second-order valence-corrected chi connectivity index (χ2v) is 6.29. The zero-order valence-corrected chi connectivity index (χ0v) is 15.2. The van der Waals surface area contributed by atoms with E-state index in [1.165, 1.54) is 6.33 Å². The van der Waals surface area contributed by atoms with Crippen molar-refractivity contribution in [2.75, 3.05) is 30.6 Å². The van der Waals surface area contributed by atoms with Crippen molar-refractivity contribution in [1.82, 2.24) is 9.97 Å². The highest BCUT2D eigenvalue weighted by Crippen LogP contribution is 2.35. The van der Waals surface area contributed by atoms with E-state index in [9.17, 15) is 4.79 Å². The van der Waals surface area contributed by atoms with E-state index in [2.05, 4.69) is 20.6 Å². The van der Waals surface area contributed by atoms with Gasteiger partial charge in [0.05, 0.1) is 0 Å². The summed E-state index contributed by atoms with van der Waals surface area (Å²) in [6.45, 7) is 1.22. The number of hydrogen-bond donors (Lipinski definition) is 2. The number of hydrogen-bond acceptors (Lipinski definition) is 8. The Morgan fingerprint density at radius 3 is 2.38 bits per heavy atom. The van der Waals surface area contributed by atoms with Crippen molar-refractivity contribution in [3.8, 4) is 23.0 Å². The summed E-state index contributed by atoms with van der Waals surface area (Å²) in [5, 5.41) is 5.93. The Morgan fingerprint density at radius 1 is 0.793 bits per heavy atom. The van der Waals surface area contributed by atoms with Crippen LogP contribution in [0, 0.1) is 0 Å². The molecule has 5 rings (SSSR count). The number of carbonyl (C=O) groups is 1. The lowest BCUT2D eigenvalue weighted by molar-refractivity contribution is 0.102. The fraction of sp³-hybridized carbons (Fsp3) is 0.150. The molecule has 2 aliphatic heterocycles. The van der Waals surface area contributed by atoms with E-state index < -0.39 is 0 Å². The average Bonchev–Trinajstić information content (AvgIpc) is 3.22. The Kier molecular flexibility index (Phi) is 4.24. The van der Waals surface area contributed by atoms with Gasteiger partial charge in [-0.25, -0.2) is 9.97 Å². The number of anilines is 3. The molecule has 0 spiro atoms. The van der Waals surface area contributed by atoms with Crippen LogP contribution in [0.3, 0.4) is 0 Å². The second kappa shape index (κ2) is 7.19. The van der Waals surface area contributed by atoms with Gasteiger partial charge in [-0.15, -0.1) is 0 Å². The minimum absolute atomic E-state index is 0.174. The third kappa shape index (κ3) is 3.57. The van der Waals surface area contributed by atoms with Crippen molar-refractivity contribution in [3.63, 3.8) is 0 Å². The number of nitrogens with one attached hydrogen (secondary N) is 2. The predicted octanol–water partition coefficient (Wildman–Crippen LogP) is 2.97. The smallest absolute Gasteiger partial charge is 0.274 e. The number of amides is 1. The van der Waals surface area contributed by atoms with Gasteiger partial charge >= 0.3 is 0 Å². The molecule has 0 atom stereocenters. The van der Waals surface area contributed by atoms with Gasteiger partial charge in [0, 0.05) is 29.6 Å². The number of benzene rings is 2. The lowest BCUT2D eigenvalue weighted by atomic mass is 10.2. The summed E-state index contributed by atoms with van der Waals surface area (Å²) >= 11 is 0. The average molecular weight is 392 g/mol. The van der Waals surface area contributed by atoms with E-state index in [1.54, 1.807) is 24.3 Å². The van der Waals surface area contributed by atoms with Gasteiger partial charge < -0.3 is 29.6 Å². The lowest BCUT2D eigenvalue weighted by Crippen LogP contribution is -2.15. The molecular formula is C20H16N4O5. The fourth-order valence-electron chi connectivity index (χ4n) is 2.99. The summed E-state index contributed by atoms with van der Waals surface area (Å²) in [6.07, 6.45) is 1.33. The van der Waals surface area contributed by atoms with E-state index in [4.69, 9.17) is 18.9 Å². The maximum absolute atomic E-state index is 12.6. The van der Waals surface area contributed by atoms with Crippen LogP contribution in [0.25, 0.3) is 0 Å². The van der Waals surface area contributed by atoms with Gasteiger partial charge in [-0.05, 0) is 24.3 Å². The van der Waals surface area contributed by atoms with Gasteiger partial charge in [0.2, 0.25) is 6.79 Å². The normalized spacial score (nSPS) is 13.7. The summed E-state index contributed by atoms with van der Waals surface area (Å²) in [7, 11) is 0. The van der Waals surface area contributed by atoms with Crippen LogP contribution >= 0.6 is 0 Å². The molecule has 0 saturated heterocycles. The van der Waals surface area contributed by atoms with Crippen molar-refractivity contribution in [2.45, 2.75) is 0 Å². The van der Waals surface area contributed by atoms with Gasteiger partial charge in [0.1, 0.15) is 31.1 Å². The highest BCUT2D eigenvalue weighted by atomic mass is 16.7. The minimum atomic E-state index is -0.364. The van der Waals surface area contributed by atoms with Crippen LogP contribution in [0.4, 0.5) is 17.2 Å². The van der Waals surface area contributed by atoms with E-state index >= 15 is 0 Å². The number of ether oxygens (including phenoxy) is 4. The first kappa shape index (κ1) is 17.1. The molecule has 0 unspecified atom stereocenters. The topological polar surface area (TPSA) is 104 Å². The molecule has 3 aromatic rings. The van der Waals surface area contributed by atoms with E-state index in [0.717, 1.165) is 5.69 Å². The van der Waals surface area contributed by atoms with Gasteiger partial charge in [-0.1, -0.05) is 0 Å². The highest BCUT2D eigenvalue weighted by Gasteiger charge is 2.16. The largest absolute Gasteiger partial charge is 0.486 e. The third-order valence-corrected chi connectivity index (χ3v) is 4.34. The van der Waals surface area contributed by atoms with Crippen LogP contribution in [-0.4, -0.2) is 35.9 Å². The Balaban J connectivity index is 1.31. The molecule has 2 aliphatic rings. The van der Waals surface area contributed by atoms with Gasteiger partial charge in [0.15, 0.2) is 23.0 Å². The van der Waals surface area contributed by atoms with Crippen molar-refractivity contribution < 1.29 is 23.7 Å². The summed E-state index contributed by atoms with van der Waals surface area (Å²) in [4.78, 5) is 20.8. The van der Waals surface area contributed by atoms with E-state index in [-0.39, 0.29) is 18.4 Å². The molecule has 2 N–H and O–H groups in total. The first-order chi connectivity index (χ1) is 14.2. The number of nitrogens with zero attached hydrogens (tertiary/aromatic N) is 2. The summed E-state index contributed by atoms with van der Waals surface area (Å²) in [6, 6.07) is 12.2. The third-order valence-electron chi connectivity index (χ3n) is 4.34. The van der Waals surface area contributed by atoms with Crippen LogP contribution in [-0.2, 0) is 0 Å². The molecule has 3 heterocycles. The molecule has 29 heavy (non-hydrogen) atoms. The first-order valence-electron chi connectivity index (χ1n) is 8.94. The van der Waals surface area contributed by atoms with Gasteiger partial charge in [-0.3, -0.25) is 4.79 Å². The lowest BCUT2D eigenvalue weighted by Gasteiger charge is -2.19. The van der Waals surface area contributed by atoms with Crippen LogP contribution in [0.5, 0.6) is 23.0 Å². The Bertz CT molecular complexity index is 1090. The van der Waals surface area contributed by atoms with Crippen LogP contribution in [0.1, 0.15) is 10.5 Å². The summed E-state index contributed by atoms with van der Waals surface area (Å²) < 4.78 is 21.7. The van der Waals surface area contributed by atoms with Crippen LogP contribution < -0.4 is 29.6 Å². The van der Waals surface area contributed by atoms with Crippen LogP contribution in [0.15, 0.2) is 48.8 Å². The zero-order valence-electron chi connectivity index (χ0n) is 15.2. The number of fused-ring (bicyclic) bond motifs is 2. The monoisotopic (exact) mass is 392 g/mol. The maximum Gasteiger partial charge on any atom is 0.274 e. The zero-order chi connectivity index (χ0) is 19.6. The molecule has 0 radical (unpaired) electrons. The maximum atomic E-state index is 12.6. The van der Waals surface area contributed by atoms with Crippen molar-refractivity contribution in [3.05, 3.63) is 54.5 Å². The second-order valence-electron chi connectivity index (χ2n) is 6.29. The standard InChI is InChI=1S/C20H16N4O5/c25-20(24-13-2-4-16-18(8-13)29-11-28-16)14-9-19(22-10-21-14)23-12-1-3-15-17(7-12)27-6-5-26-15/h1-4,7-10H,5-6,11H2,(H,24,25)(H,21,22,23). The van der Waals surface area contributed by atoms with Crippen molar-refractivity contribution in [1.29, 1.82) is 0 Å². The van der Waals surface area contributed by atoms with Crippen LogP contribution in [0.2, 0.25) is 0 Å². The molecule has 9 heteroatoms. The van der Waals surface area contributed by atoms with Crippen molar-refractivity contribution >= 4 is 23.1 Å². The molecule has 0 fully saturated rings. The molecular weight excluding hydrogens is 376 g/mol. The quantitative estimate of drug-likeness (QED) is 0.698. The fourth-order valence-corrected chi connectivity index (χ4v) is 2.99. The van der Waals surface area contributed by atoms with Crippen molar-refractivity contribution in [2.24, 2.45) is 0 Å². The Labute approximate surface area is 165 Å². The van der Waals surface area contributed by atoms with Gasteiger partial charge in [-0.2, -0.15) is 0 Å². The summed E-state index contributed by atoms with van der Waals surface area (Å²) in [5.41, 5.74) is 1.56. The predicted molar refractivity (Wildman–Crippen MR) is 103 cm³/mol. The molecule has 0 bridgehead atoms. The molecule has 2 aromatic carbocycles. The SMILES string of the molecule is O=C(Nc1ccc2c(c1)OCO2)c1cc(Nc2ccc3c(c2)OCCO3)ncn1. The molecule has 9 nitrogen and oxygen atoms in total. The molecule has 1 amide bonds. The Morgan fingerprint density at radius 2 is 1.48 bits per heavy atom. The molecule has 0 aliphatic carbocycles. The number of carbonyl (C=O) groups excluding carboxylic acids is 1. The van der Waals surface area contributed by atoms with E-state index in [0.29, 0.717) is 47.7 Å². The van der Waals surface area contributed by atoms with E-state index in [1.807, 2.05) is 18.2 Å². The minimum Gasteiger partial charge on any atom is -0.486 e. The number of aromatic nitrogens is 2. The van der Waals surface area contributed by atoms with Gasteiger partial charge in [0.25, 0.3) is 5.91 Å². The molecule has 146 valence electrons. The molecule has 1 aromatic heterocycles. The summed E-state index contributed by atoms with van der Waals surface area (Å²) in [5.74, 6) is 2.72. The molecule has 0 saturated carbocycles. The highest BCUT2D eigenvalue weighted by molar-refractivity contribution is 6.03. The Hall–Kier alpha value is -4.01.